The highest BCUT2D eigenvalue weighted by Crippen LogP contribution is 2.34. The first-order chi connectivity index (χ1) is 6.35. The summed E-state index contributed by atoms with van der Waals surface area (Å²) in [4.78, 5) is 5.19. The second-order valence-electron chi connectivity index (χ2n) is 2.40. The Kier molecular flexibility index (Phi) is 2.62. The number of hydrogen-bond donors (Lipinski definition) is 0. The van der Waals surface area contributed by atoms with Gasteiger partial charge >= 0.3 is 0 Å². The van der Waals surface area contributed by atoms with Crippen molar-refractivity contribution in [2.45, 2.75) is 4.90 Å². The summed E-state index contributed by atoms with van der Waals surface area (Å²) in [5.41, 5.74) is 2.71. The molecule has 0 aliphatic rings. The van der Waals surface area contributed by atoms with Crippen LogP contribution in [0.1, 0.15) is 0 Å². The molecule has 5 heteroatoms. The number of thiazole rings is 1. The molecule has 68 valence electrons. The number of benzene rings is 1. The normalized spacial score (nSPS) is 10.6. The van der Waals surface area contributed by atoms with Crippen molar-refractivity contribution in [3.63, 3.8) is 0 Å². The molecule has 0 spiro atoms. The molecule has 2 rings (SSSR count). The van der Waals surface area contributed by atoms with Gasteiger partial charge in [0.15, 0.2) is 0 Å². The van der Waals surface area contributed by atoms with Crippen molar-refractivity contribution in [3.05, 3.63) is 17.6 Å². The summed E-state index contributed by atoms with van der Waals surface area (Å²) in [6, 6.07) is 3.90. The maximum atomic E-state index is 5.67. The molecular formula is C8H6ClNOS2. The lowest BCUT2D eigenvalue weighted by atomic mass is 10.3. The van der Waals surface area contributed by atoms with Crippen LogP contribution in [0, 0.1) is 0 Å². The maximum absolute atomic E-state index is 5.67. The van der Waals surface area contributed by atoms with Crippen molar-refractivity contribution in [3.8, 4) is 5.75 Å². The summed E-state index contributed by atoms with van der Waals surface area (Å²) >= 11 is 1.58. The van der Waals surface area contributed by atoms with Crippen LogP contribution >= 0.6 is 33.0 Å². The van der Waals surface area contributed by atoms with Gasteiger partial charge in [-0.2, -0.15) is 0 Å². The zero-order valence-corrected chi connectivity index (χ0v) is 9.17. The SMILES string of the molecule is COc1cc(SCl)cc2scnc12. The molecule has 0 unspecified atom stereocenters. The fraction of sp³-hybridized carbons (Fsp3) is 0.125. The molecule has 13 heavy (non-hydrogen) atoms. The van der Waals surface area contributed by atoms with Gasteiger partial charge < -0.3 is 4.74 Å². The average molecular weight is 232 g/mol. The number of nitrogens with zero attached hydrogens (tertiary/aromatic N) is 1. The number of aromatic nitrogens is 1. The molecule has 0 N–H and O–H groups in total. The molecule has 0 fully saturated rings. The summed E-state index contributed by atoms with van der Waals surface area (Å²) in [6.45, 7) is 0. The van der Waals surface area contributed by atoms with Gasteiger partial charge in [0.05, 0.1) is 17.3 Å². The standard InChI is InChI=1S/C8H6ClNOS2/c1-11-6-2-5(13-9)3-7-8(6)10-4-12-7/h2-4H,1H3. The molecule has 1 aromatic carbocycles. The average Bonchev–Trinajstić information content (AvgIpc) is 2.63. The molecule has 1 aromatic heterocycles. The Labute approximate surface area is 88.4 Å². The highest BCUT2D eigenvalue weighted by molar-refractivity contribution is 8.21. The minimum absolute atomic E-state index is 0.780. The number of halogens is 1. The van der Waals surface area contributed by atoms with E-state index in [1.165, 1.54) is 11.0 Å². The van der Waals surface area contributed by atoms with Crippen LogP contribution in [0.3, 0.4) is 0 Å². The second kappa shape index (κ2) is 3.74. The van der Waals surface area contributed by atoms with Gasteiger partial charge in [-0.1, -0.05) is 0 Å². The number of rotatable bonds is 2. The maximum Gasteiger partial charge on any atom is 0.147 e. The highest BCUT2D eigenvalue weighted by atomic mass is 35.7. The molecule has 0 radical (unpaired) electrons. The van der Waals surface area contributed by atoms with Gasteiger partial charge in [0.25, 0.3) is 0 Å². The van der Waals surface area contributed by atoms with Crippen molar-refractivity contribution >= 4 is 43.2 Å². The van der Waals surface area contributed by atoms with E-state index in [4.69, 9.17) is 15.4 Å². The van der Waals surface area contributed by atoms with Gasteiger partial charge in [-0.05, 0) is 33.8 Å². The largest absolute Gasteiger partial charge is 0.494 e. The molecule has 0 saturated carbocycles. The molecular weight excluding hydrogens is 226 g/mol. The predicted molar refractivity (Wildman–Crippen MR) is 57.9 cm³/mol. The van der Waals surface area contributed by atoms with E-state index in [0.717, 1.165) is 20.9 Å². The van der Waals surface area contributed by atoms with Gasteiger partial charge in [-0.25, -0.2) is 4.98 Å². The molecule has 0 atom stereocenters. The molecule has 0 bridgehead atoms. The van der Waals surface area contributed by atoms with E-state index < -0.39 is 0 Å². The van der Waals surface area contributed by atoms with Gasteiger partial charge in [0, 0.05) is 4.90 Å². The van der Waals surface area contributed by atoms with E-state index >= 15 is 0 Å². The van der Waals surface area contributed by atoms with Crippen molar-refractivity contribution in [1.29, 1.82) is 0 Å². The van der Waals surface area contributed by atoms with E-state index in [0.29, 0.717) is 0 Å². The minimum atomic E-state index is 0.780. The van der Waals surface area contributed by atoms with Gasteiger partial charge in [0.1, 0.15) is 11.3 Å². The highest BCUT2D eigenvalue weighted by Gasteiger charge is 2.06. The molecule has 2 aromatic rings. The van der Waals surface area contributed by atoms with Crippen LogP contribution < -0.4 is 4.74 Å². The van der Waals surface area contributed by atoms with Crippen LogP contribution in [-0.4, -0.2) is 12.1 Å². The van der Waals surface area contributed by atoms with E-state index in [-0.39, 0.29) is 0 Å². The van der Waals surface area contributed by atoms with Crippen LogP contribution in [0.25, 0.3) is 10.2 Å². The third-order valence-corrected chi connectivity index (χ3v) is 3.41. The summed E-state index contributed by atoms with van der Waals surface area (Å²) < 4.78 is 6.30. The summed E-state index contributed by atoms with van der Waals surface area (Å²) in [6.07, 6.45) is 0. The molecule has 1 heterocycles. The van der Waals surface area contributed by atoms with E-state index in [2.05, 4.69) is 4.98 Å². The topological polar surface area (TPSA) is 22.1 Å². The van der Waals surface area contributed by atoms with Crippen molar-refractivity contribution in [1.82, 2.24) is 4.98 Å². The van der Waals surface area contributed by atoms with Crippen LogP contribution in [0.5, 0.6) is 5.75 Å². The molecule has 2 nitrogen and oxygen atoms in total. The van der Waals surface area contributed by atoms with Gasteiger partial charge in [-0.15, -0.1) is 11.3 Å². The van der Waals surface area contributed by atoms with E-state index in [9.17, 15) is 0 Å². The smallest absolute Gasteiger partial charge is 0.147 e. The molecule has 0 aliphatic heterocycles. The molecule has 0 aliphatic carbocycles. The van der Waals surface area contributed by atoms with Crippen molar-refractivity contribution in [2.24, 2.45) is 0 Å². The Hall–Kier alpha value is -0.450. The first kappa shape index (κ1) is 9.12. The third-order valence-electron chi connectivity index (χ3n) is 1.68. The number of fused-ring (bicyclic) bond motifs is 1. The Balaban J connectivity index is 2.70. The summed E-state index contributed by atoms with van der Waals surface area (Å²) in [5.74, 6) is 0.780. The van der Waals surface area contributed by atoms with Crippen LogP contribution in [-0.2, 0) is 0 Å². The summed E-state index contributed by atoms with van der Waals surface area (Å²) in [7, 11) is 8.49. The van der Waals surface area contributed by atoms with Crippen molar-refractivity contribution in [2.75, 3.05) is 7.11 Å². The monoisotopic (exact) mass is 231 g/mol. The Morgan fingerprint density at radius 3 is 3.08 bits per heavy atom. The fourth-order valence-electron chi connectivity index (χ4n) is 1.11. The Morgan fingerprint density at radius 2 is 2.38 bits per heavy atom. The zero-order chi connectivity index (χ0) is 9.26. The number of hydrogen-bond acceptors (Lipinski definition) is 4. The lowest BCUT2D eigenvalue weighted by molar-refractivity contribution is 0.418. The molecule has 0 amide bonds. The quantitative estimate of drug-likeness (QED) is 0.789. The van der Waals surface area contributed by atoms with E-state index in [1.54, 1.807) is 24.0 Å². The van der Waals surface area contributed by atoms with Crippen LogP contribution in [0.4, 0.5) is 0 Å². The fourth-order valence-corrected chi connectivity index (χ4v) is 2.50. The first-order valence-corrected chi connectivity index (χ1v) is 6.07. The minimum Gasteiger partial charge on any atom is -0.494 e. The van der Waals surface area contributed by atoms with Crippen molar-refractivity contribution < 1.29 is 4.74 Å². The summed E-state index contributed by atoms with van der Waals surface area (Å²) in [5, 5.41) is 0. The Morgan fingerprint density at radius 1 is 1.54 bits per heavy atom. The number of ether oxygens (including phenoxy) is 1. The first-order valence-electron chi connectivity index (χ1n) is 3.55. The molecule has 0 saturated heterocycles. The number of methoxy groups -OCH3 is 1. The van der Waals surface area contributed by atoms with Gasteiger partial charge in [-0.3, -0.25) is 0 Å². The lowest BCUT2D eigenvalue weighted by Crippen LogP contribution is -1.84. The van der Waals surface area contributed by atoms with Gasteiger partial charge in [0.2, 0.25) is 0 Å². The Bertz CT molecular complexity index is 429. The van der Waals surface area contributed by atoms with Crippen LogP contribution in [0.2, 0.25) is 0 Å². The van der Waals surface area contributed by atoms with E-state index in [1.807, 2.05) is 12.1 Å². The second-order valence-corrected chi connectivity index (χ2v) is 4.38. The zero-order valence-electron chi connectivity index (χ0n) is 6.78. The third kappa shape index (κ3) is 1.61. The predicted octanol–water partition coefficient (Wildman–Crippen LogP) is 3.55. The lowest BCUT2D eigenvalue weighted by Gasteiger charge is -2.01. The van der Waals surface area contributed by atoms with Crippen LogP contribution in [0.15, 0.2) is 22.5 Å².